The second kappa shape index (κ2) is 6.76. The molecular weight excluding hydrogens is 302 g/mol. The zero-order chi connectivity index (χ0) is 13.8. The third-order valence-corrected chi connectivity index (χ3v) is 4.89. The maximum atomic E-state index is 6.42. The zero-order valence-electron chi connectivity index (χ0n) is 11.9. The number of nitrogens with two attached hydrogens (primary N) is 1. The molecule has 19 heavy (non-hydrogen) atoms. The zero-order valence-corrected chi connectivity index (χ0v) is 13.4. The quantitative estimate of drug-likeness (QED) is 0.902. The fourth-order valence-corrected chi connectivity index (χ4v) is 3.73. The lowest BCUT2D eigenvalue weighted by Gasteiger charge is -2.31. The number of hydrogen-bond donors (Lipinski definition) is 1. The lowest BCUT2D eigenvalue weighted by molar-refractivity contribution is 0.245. The van der Waals surface area contributed by atoms with Crippen LogP contribution in [-0.2, 0) is 6.42 Å². The lowest BCUT2D eigenvalue weighted by Crippen LogP contribution is -2.35. The summed E-state index contributed by atoms with van der Waals surface area (Å²) in [6.07, 6.45) is 6.25. The summed E-state index contributed by atoms with van der Waals surface area (Å²) in [6, 6.07) is 6.54. The molecule has 0 aromatic heterocycles. The van der Waals surface area contributed by atoms with Crippen molar-refractivity contribution in [2.75, 3.05) is 7.11 Å². The Morgan fingerprint density at radius 2 is 2.21 bits per heavy atom. The highest BCUT2D eigenvalue weighted by Gasteiger charge is 2.24. The molecule has 3 heteroatoms. The highest BCUT2D eigenvalue weighted by Crippen LogP contribution is 2.32. The van der Waals surface area contributed by atoms with Crippen molar-refractivity contribution in [3.8, 4) is 5.75 Å². The minimum atomic E-state index is 0.281. The molecule has 2 N–H and O–H groups in total. The predicted octanol–water partition coefficient (Wildman–Crippen LogP) is 4.15. The lowest BCUT2D eigenvalue weighted by atomic mass is 9.77. The minimum absolute atomic E-state index is 0.281. The van der Waals surface area contributed by atoms with Gasteiger partial charge in [-0.2, -0.15) is 0 Å². The Labute approximate surface area is 124 Å². The first-order chi connectivity index (χ1) is 9.10. The van der Waals surface area contributed by atoms with Crippen molar-refractivity contribution in [3.63, 3.8) is 0 Å². The van der Waals surface area contributed by atoms with Gasteiger partial charge in [0.2, 0.25) is 0 Å². The van der Waals surface area contributed by atoms with Gasteiger partial charge in [-0.05, 0) is 64.7 Å². The van der Waals surface area contributed by atoms with Crippen molar-refractivity contribution in [1.29, 1.82) is 0 Å². The third kappa shape index (κ3) is 3.96. The SMILES string of the molecule is COc1ccc(CC(N)C2CCCC(C)C2)cc1Br. The highest BCUT2D eigenvalue weighted by atomic mass is 79.9. The molecule has 106 valence electrons. The molecule has 0 heterocycles. The summed E-state index contributed by atoms with van der Waals surface area (Å²) in [7, 11) is 1.69. The number of halogens is 1. The van der Waals surface area contributed by atoms with Crippen LogP contribution >= 0.6 is 15.9 Å². The van der Waals surface area contributed by atoms with Crippen LogP contribution < -0.4 is 10.5 Å². The van der Waals surface area contributed by atoms with Crippen LogP contribution in [0, 0.1) is 11.8 Å². The largest absolute Gasteiger partial charge is 0.496 e. The van der Waals surface area contributed by atoms with E-state index >= 15 is 0 Å². The fourth-order valence-electron chi connectivity index (χ4n) is 3.15. The Hall–Kier alpha value is -0.540. The Morgan fingerprint density at radius 1 is 1.42 bits per heavy atom. The number of benzene rings is 1. The molecule has 0 spiro atoms. The van der Waals surface area contributed by atoms with E-state index in [-0.39, 0.29) is 6.04 Å². The average molecular weight is 326 g/mol. The van der Waals surface area contributed by atoms with Gasteiger partial charge >= 0.3 is 0 Å². The van der Waals surface area contributed by atoms with Gasteiger partial charge in [-0.25, -0.2) is 0 Å². The molecule has 1 aromatic rings. The Bertz CT molecular complexity index is 421. The van der Waals surface area contributed by atoms with Crippen molar-refractivity contribution in [2.45, 2.75) is 45.1 Å². The Balaban J connectivity index is 1.98. The summed E-state index contributed by atoms with van der Waals surface area (Å²) in [5, 5.41) is 0. The normalized spacial score (nSPS) is 25.1. The van der Waals surface area contributed by atoms with Crippen molar-refractivity contribution in [2.24, 2.45) is 17.6 Å². The van der Waals surface area contributed by atoms with Gasteiger partial charge in [0.25, 0.3) is 0 Å². The predicted molar refractivity (Wildman–Crippen MR) is 83.5 cm³/mol. The number of hydrogen-bond acceptors (Lipinski definition) is 2. The van der Waals surface area contributed by atoms with E-state index in [4.69, 9.17) is 10.5 Å². The molecule has 1 aliphatic rings. The van der Waals surface area contributed by atoms with Gasteiger partial charge in [-0.1, -0.05) is 25.8 Å². The summed E-state index contributed by atoms with van der Waals surface area (Å²) in [4.78, 5) is 0. The third-order valence-electron chi connectivity index (χ3n) is 4.27. The van der Waals surface area contributed by atoms with Crippen molar-refractivity contribution >= 4 is 15.9 Å². The van der Waals surface area contributed by atoms with E-state index in [1.807, 2.05) is 6.07 Å². The van der Waals surface area contributed by atoms with E-state index in [9.17, 15) is 0 Å². The summed E-state index contributed by atoms with van der Waals surface area (Å²) >= 11 is 3.54. The minimum Gasteiger partial charge on any atom is -0.496 e. The fraction of sp³-hybridized carbons (Fsp3) is 0.625. The maximum absolute atomic E-state index is 6.42. The first-order valence-corrected chi connectivity index (χ1v) is 7.97. The molecule has 0 aliphatic heterocycles. The Kier molecular flexibility index (Phi) is 5.28. The summed E-state index contributed by atoms with van der Waals surface area (Å²) in [6.45, 7) is 2.35. The molecule has 2 nitrogen and oxygen atoms in total. The van der Waals surface area contributed by atoms with Gasteiger partial charge in [-0.15, -0.1) is 0 Å². The summed E-state index contributed by atoms with van der Waals surface area (Å²) in [5.74, 6) is 2.40. The van der Waals surface area contributed by atoms with Gasteiger partial charge < -0.3 is 10.5 Å². The molecule has 0 radical (unpaired) electrons. The number of rotatable bonds is 4. The first-order valence-electron chi connectivity index (χ1n) is 7.18. The van der Waals surface area contributed by atoms with Crippen LogP contribution in [-0.4, -0.2) is 13.2 Å². The van der Waals surface area contributed by atoms with E-state index in [0.29, 0.717) is 5.92 Å². The van der Waals surface area contributed by atoms with Gasteiger partial charge in [0.15, 0.2) is 0 Å². The van der Waals surface area contributed by atoms with Gasteiger partial charge in [0, 0.05) is 6.04 Å². The molecule has 0 saturated heterocycles. The standard InChI is InChI=1S/C16H24BrNO/c1-11-4-3-5-13(8-11)15(18)10-12-6-7-16(19-2)14(17)9-12/h6-7,9,11,13,15H,3-5,8,10,18H2,1-2H3. The average Bonchev–Trinajstić information content (AvgIpc) is 2.39. The molecule has 0 amide bonds. The van der Waals surface area contributed by atoms with E-state index in [1.54, 1.807) is 7.11 Å². The number of methoxy groups -OCH3 is 1. The summed E-state index contributed by atoms with van der Waals surface area (Å²) < 4.78 is 6.27. The molecule has 1 aromatic carbocycles. The van der Waals surface area contributed by atoms with Crippen LogP contribution in [0.1, 0.15) is 38.2 Å². The van der Waals surface area contributed by atoms with Gasteiger partial charge in [-0.3, -0.25) is 0 Å². The first kappa shape index (κ1) is 14.9. The van der Waals surface area contributed by atoms with E-state index in [1.165, 1.54) is 31.2 Å². The van der Waals surface area contributed by atoms with Crippen LogP contribution in [0.2, 0.25) is 0 Å². The molecule has 1 aliphatic carbocycles. The second-order valence-corrected chi connectivity index (χ2v) is 6.72. The van der Waals surface area contributed by atoms with Crippen molar-refractivity contribution in [1.82, 2.24) is 0 Å². The molecule has 0 bridgehead atoms. The molecule has 3 unspecified atom stereocenters. The molecule has 1 saturated carbocycles. The van der Waals surface area contributed by atoms with E-state index < -0.39 is 0 Å². The van der Waals surface area contributed by atoms with Gasteiger partial charge in [0.05, 0.1) is 11.6 Å². The van der Waals surface area contributed by atoms with Crippen molar-refractivity contribution in [3.05, 3.63) is 28.2 Å². The van der Waals surface area contributed by atoms with Crippen LogP contribution in [0.15, 0.2) is 22.7 Å². The maximum Gasteiger partial charge on any atom is 0.133 e. The molecule has 2 rings (SSSR count). The number of ether oxygens (including phenoxy) is 1. The van der Waals surface area contributed by atoms with Crippen LogP contribution in [0.5, 0.6) is 5.75 Å². The van der Waals surface area contributed by atoms with Crippen LogP contribution in [0.3, 0.4) is 0 Å². The van der Waals surface area contributed by atoms with Crippen LogP contribution in [0.25, 0.3) is 0 Å². The smallest absolute Gasteiger partial charge is 0.133 e. The molecular formula is C16H24BrNO. The topological polar surface area (TPSA) is 35.2 Å². The monoisotopic (exact) mass is 325 g/mol. The molecule has 1 fully saturated rings. The van der Waals surface area contributed by atoms with Crippen LogP contribution in [0.4, 0.5) is 0 Å². The van der Waals surface area contributed by atoms with E-state index in [0.717, 1.165) is 22.6 Å². The summed E-state index contributed by atoms with van der Waals surface area (Å²) in [5.41, 5.74) is 7.71. The second-order valence-electron chi connectivity index (χ2n) is 5.87. The molecule has 3 atom stereocenters. The highest BCUT2D eigenvalue weighted by molar-refractivity contribution is 9.10. The van der Waals surface area contributed by atoms with Gasteiger partial charge in [0.1, 0.15) is 5.75 Å². The van der Waals surface area contributed by atoms with E-state index in [2.05, 4.69) is 35.0 Å². The van der Waals surface area contributed by atoms with Crippen molar-refractivity contribution < 1.29 is 4.74 Å². The Morgan fingerprint density at radius 3 is 2.84 bits per heavy atom.